The minimum atomic E-state index is -0.182. The Balaban J connectivity index is 1.61. The number of hydrogen-bond donors (Lipinski definition) is 2. The molecule has 142 valence electrons. The van der Waals surface area contributed by atoms with E-state index < -0.39 is 0 Å². The van der Waals surface area contributed by atoms with Crippen LogP contribution in [0.3, 0.4) is 0 Å². The molecule has 0 aliphatic carbocycles. The van der Waals surface area contributed by atoms with E-state index in [4.69, 9.17) is 10.5 Å². The van der Waals surface area contributed by atoms with E-state index in [0.29, 0.717) is 30.2 Å². The number of para-hydroxylation sites is 2. The molecule has 0 spiro atoms. The highest BCUT2D eigenvalue weighted by molar-refractivity contribution is 6.05. The molecule has 28 heavy (non-hydrogen) atoms. The molecule has 0 radical (unpaired) electrons. The van der Waals surface area contributed by atoms with Gasteiger partial charge in [-0.2, -0.15) is 0 Å². The van der Waals surface area contributed by atoms with E-state index in [-0.39, 0.29) is 11.3 Å². The molecule has 5 nitrogen and oxygen atoms in total. The average Bonchev–Trinajstić information content (AvgIpc) is 2.76. The monoisotopic (exact) mass is 373 g/mol. The molecule has 4 rings (SSSR count). The van der Waals surface area contributed by atoms with Crippen molar-refractivity contribution in [3.05, 3.63) is 89.7 Å². The zero-order valence-corrected chi connectivity index (χ0v) is 15.6. The number of carbonyl (C=O) groups excluding carboxylic acids is 1. The van der Waals surface area contributed by atoms with E-state index in [1.165, 1.54) is 0 Å². The molecule has 0 unspecified atom stereocenters. The van der Waals surface area contributed by atoms with Crippen molar-refractivity contribution in [2.24, 2.45) is 0 Å². The molecule has 1 fully saturated rings. The summed E-state index contributed by atoms with van der Waals surface area (Å²) in [7, 11) is 0. The Bertz CT molecular complexity index is 949. The fraction of sp³-hybridized carbons (Fsp3) is 0.217. The summed E-state index contributed by atoms with van der Waals surface area (Å²) in [5.41, 5.74) is 9.70. The Hall–Kier alpha value is -3.18. The van der Waals surface area contributed by atoms with Crippen molar-refractivity contribution in [3.63, 3.8) is 0 Å². The van der Waals surface area contributed by atoms with E-state index in [1.807, 2.05) is 54.7 Å². The van der Waals surface area contributed by atoms with Gasteiger partial charge in [0.1, 0.15) is 0 Å². The largest absolute Gasteiger partial charge is 0.397 e. The topological polar surface area (TPSA) is 77.2 Å². The molecule has 3 aromatic rings. The number of aromatic nitrogens is 1. The van der Waals surface area contributed by atoms with Gasteiger partial charge in [-0.15, -0.1) is 0 Å². The van der Waals surface area contributed by atoms with Crippen LogP contribution in [0.1, 0.15) is 34.5 Å². The van der Waals surface area contributed by atoms with Gasteiger partial charge in [-0.05, 0) is 54.8 Å². The lowest BCUT2D eigenvalue weighted by molar-refractivity contribution is 0.0618. The number of amides is 1. The van der Waals surface area contributed by atoms with Crippen molar-refractivity contribution in [2.75, 3.05) is 24.3 Å². The molecule has 1 saturated heterocycles. The summed E-state index contributed by atoms with van der Waals surface area (Å²) in [4.78, 5) is 17.2. The van der Waals surface area contributed by atoms with Gasteiger partial charge >= 0.3 is 0 Å². The highest BCUT2D eigenvalue weighted by atomic mass is 16.5. The number of nitrogens with two attached hydrogens (primary N) is 1. The number of hydrogen-bond acceptors (Lipinski definition) is 4. The third kappa shape index (κ3) is 3.49. The van der Waals surface area contributed by atoms with Crippen LogP contribution < -0.4 is 11.1 Å². The maximum absolute atomic E-state index is 12.6. The van der Waals surface area contributed by atoms with Crippen LogP contribution in [0.25, 0.3) is 0 Å². The van der Waals surface area contributed by atoms with Crippen molar-refractivity contribution in [2.45, 2.75) is 18.3 Å². The van der Waals surface area contributed by atoms with Gasteiger partial charge in [-0.1, -0.05) is 30.3 Å². The van der Waals surface area contributed by atoms with Crippen LogP contribution in [0, 0.1) is 0 Å². The highest BCUT2D eigenvalue weighted by Gasteiger charge is 2.37. The maximum atomic E-state index is 12.6. The van der Waals surface area contributed by atoms with Crippen molar-refractivity contribution in [1.82, 2.24) is 4.98 Å². The molecule has 3 N–H and O–H groups in total. The third-order valence-corrected chi connectivity index (χ3v) is 5.41. The van der Waals surface area contributed by atoms with Crippen molar-refractivity contribution in [1.29, 1.82) is 0 Å². The van der Waals surface area contributed by atoms with E-state index in [0.717, 1.165) is 24.1 Å². The Morgan fingerprint density at radius 2 is 1.68 bits per heavy atom. The van der Waals surface area contributed by atoms with Gasteiger partial charge in [0.2, 0.25) is 0 Å². The molecule has 1 amide bonds. The minimum absolute atomic E-state index is 0.177. The molecule has 5 heteroatoms. The first kappa shape index (κ1) is 18.2. The summed E-state index contributed by atoms with van der Waals surface area (Å²) < 4.78 is 5.60. The summed E-state index contributed by atoms with van der Waals surface area (Å²) in [5.74, 6) is -0.177. The number of rotatable bonds is 4. The molecular weight excluding hydrogens is 350 g/mol. The average molecular weight is 373 g/mol. The lowest BCUT2D eigenvalue weighted by Gasteiger charge is -2.37. The minimum Gasteiger partial charge on any atom is -0.397 e. The second-order valence-electron chi connectivity index (χ2n) is 7.03. The number of anilines is 2. The molecule has 0 saturated carbocycles. The fourth-order valence-electron chi connectivity index (χ4n) is 3.80. The van der Waals surface area contributed by atoms with E-state index in [1.54, 1.807) is 12.1 Å². The molecule has 1 aliphatic heterocycles. The van der Waals surface area contributed by atoms with Crippen molar-refractivity contribution in [3.8, 4) is 0 Å². The molecular formula is C23H23N3O2. The van der Waals surface area contributed by atoms with E-state index >= 15 is 0 Å². The summed E-state index contributed by atoms with van der Waals surface area (Å²) in [6.07, 6.45) is 3.57. The number of nitrogens with one attached hydrogen (secondary N) is 1. The lowest BCUT2D eigenvalue weighted by atomic mass is 9.71. The van der Waals surface area contributed by atoms with E-state index in [9.17, 15) is 4.79 Å². The Kier molecular flexibility index (Phi) is 5.08. The van der Waals surface area contributed by atoms with Gasteiger partial charge in [0.25, 0.3) is 5.91 Å². The van der Waals surface area contributed by atoms with Gasteiger partial charge < -0.3 is 15.8 Å². The predicted molar refractivity (Wildman–Crippen MR) is 110 cm³/mol. The SMILES string of the molecule is Nc1ccccc1NC(=O)c1ccc(C2(c3ccccn3)CCOCC2)cc1. The Morgan fingerprint density at radius 1 is 0.964 bits per heavy atom. The van der Waals surface area contributed by atoms with Gasteiger partial charge in [0.05, 0.1) is 17.1 Å². The summed E-state index contributed by atoms with van der Waals surface area (Å²) in [6, 6.07) is 21.1. The summed E-state index contributed by atoms with van der Waals surface area (Å²) in [6.45, 7) is 1.40. The van der Waals surface area contributed by atoms with Crippen LogP contribution in [0.2, 0.25) is 0 Å². The Labute approximate surface area is 164 Å². The number of pyridine rings is 1. The number of nitrogens with zero attached hydrogens (tertiary/aromatic N) is 1. The standard InChI is InChI=1S/C23H23N3O2/c24-19-5-1-2-6-20(19)26-22(27)17-8-10-18(11-9-17)23(12-15-28-16-13-23)21-7-3-4-14-25-21/h1-11,14H,12-13,15-16,24H2,(H,26,27). The number of benzene rings is 2. The van der Waals surface area contributed by atoms with Gasteiger partial charge in [0.15, 0.2) is 0 Å². The molecule has 1 aromatic heterocycles. The fourth-order valence-corrected chi connectivity index (χ4v) is 3.80. The predicted octanol–water partition coefficient (Wildman–Crippen LogP) is 4.01. The third-order valence-electron chi connectivity index (χ3n) is 5.41. The van der Waals surface area contributed by atoms with Crippen LogP contribution in [0.15, 0.2) is 72.9 Å². The quantitative estimate of drug-likeness (QED) is 0.678. The van der Waals surface area contributed by atoms with Gasteiger partial charge in [-0.3, -0.25) is 9.78 Å². The first-order valence-electron chi connectivity index (χ1n) is 9.45. The first-order valence-corrected chi connectivity index (χ1v) is 9.45. The number of ether oxygens (including phenoxy) is 1. The molecule has 1 aliphatic rings. The van der Waals surface area contributed by atoms with Crippen LogP contribution in [-0.4, -0.2) is 24.1 Å². The zero-order chi connectivity index (χ0) is 19.4. The molecule has 0 atom stereocenters. The first-order chi connectivity index (χ1) is 13.7. The second-order valence-corrected chi connectivity index (χ2v) is 7.03. The van der Waals surface area contributed by atoms with Crippen LogP contribution in [-0.2, 0) is 10.2 Å². The number of nitrogen functional groups attached to an aromatic ring is 1. The molecule has 2 aromatic carbocycles. The van der Waals surface area contributed by atoms with Crippen LogP contribution in [0.4, 0.5) is 11.4 Å². The van der Waals surface area contributed by atoms with Crippen LogP contribution in [0.5, 0.6) is 0 Å². The van der Waals surface area contributed by atoms with Crippen molar-refractivity contribution >= 4 is 17.3 Å². The lowest BCUT2D eigenvalue weighted by Crippen LogP contribution is -2.35. The maximum Gasteiger partial charge on any atom is 0.255 e. The van der Waals surface area contributed by atoms with Gasteiger partial charge in [0, 0.05) is 30.4 Å². The number of carbonyl (C=O) groups is 1. The molecule has 2 heterocycles. The highest BCUT2D eigenvalue weighted by Crippen LogP contribution is 2.40. The van der Waals surface area contributed by atoms with Crippen molar-refractivity contribution < 1.29 is 9.53 Å². The van der Waals surface area contributed by atoms with E-state index in [2.05, 4.69) is 16.4 Å². The van der Waals surface area contributed by atoms with Gasteiger partial charge in [-0.25, -0.2) is 0 Å². The van der Waals surface area contributed by atoms with Crippen LogP contribution >= 0.6 is 0 Å². The summed E-state index contributed by atoms with van der Waals surface area (Å²) >= 11 is 0. The summed E-state index contributed by atoms with van der Waals surface area (Å²) in [5, 5.41) is 2.87. The Morgan fingerprint density at radius 3 is 2.36 bits per heavy atom. The molecule has 0 bridgehead atoms. The zero-order valence-electron chi connectivity index (χ0n) is 15.6. The second kappa shape index (κ2) is 7.82. The normalized spacial score (nSPS) is 15.7. The smallest absolute Gasteiger partial charge is 0.255 e.